The summed E-state index contributed by atoms with van der Waals surface area (Å²) in [6.45, 7) is 6.33. The number of amides is 2. The third-order valence-corrected chi connectivity index (χ3v) is 3.04. The number of carbonyl (C=O) groups is 2. The van der Waals surface area contributed by atoms with Crippen molar-refractivity contribution in [3.63, 3.8) is 0 Å². The van der Waals surface area contributed by atoms with Crippen molar-refractivity contribution in [3.05, 3.63) is 12.7 Å². The van der Waals surface area contributed by atoms with Crippen molar-refractivity contribution in [1.82, 2.24) is 9.80 Å². The van der Waals surface area contributed by atoms with Gasteiger partial charge in [-0.15, -0.1) is 6.58 Å². The molecule has 96 valence electrons. The molecule has 1 heterocycles. The molecular weight excluding hydrogens is 220 g/mol. The Morgan fingerprint density at radius 2 is 2.29 bits per heavy atom. The van der Waals surface area contributed by atoms with Crippen molar-refractivity contribution < 1.29 is 14.7 Å². The van der Waals surface area contributed by atoms with Gasteiger partial charge in [0.1, 0.15) is 6.54 Å². The lowest BCUT2D eigenvalue weighted by atomic mass is 10.2. The molecule has 0 saturated carbocycles. The van der Waals surface area contributed by atoms with E-state index in [0.717, 1.165) is 25.8 Å². The zero-order chi connectivity index (χ0) is 12.8. The van der Waals surface area contributed by atoms with Crippen LogP contribution < -0.4 is 0 Å². The predicted molar refractivity (Wildman–Crippen MR) is 64.8 cm³/mol. The van der Waals surface area contributed by atoms with Gasteiger partial charge in [0.25, 0.3) is 0 Å². The molecule has 0 aromatic heterocycles. The number of nitrogens with zero attached hydrogens (tertiary/aromatic N) is 2. The van der Waals surface area contributed by atoms with Gasteiger partial charge in [0.05, 0.1) is 0 Å². The fourth-order valence-electron chi connectivity index (χ4n) is 2.22. The first-order valence-electron chi connectivity index (χ1n) is 5.98. The maximum atomic E-state index is 12.2. The molecule has 1 unspecified atom stereocenters. The molecule has 1 saturated heterocycles. The van der Waals surface area contributed by atoms with Crippen molar-refractivity contribution in [2.45, 2.75) is 32.2 Å². The second kappa shape index (κ2) is 6.27. The van der Waals surface area contributed by atoms with E-state index in [2.05, 4.69) is 6.58 Å². The van der Waals surface area contributed by atoms with Crippen molar-refractivity contribution in [3.8, 4) is 0 Å². The van der Waals surface area contributed by atoms with E-state index in [1.165, 1.54) is 4.90 Å². The van der Waals surface area contributed by atoms with Gasteiger partial charge in [0.15, 0.2) is 0 Å². The number of rotatable bonds is 5. The van der Waals surface area contributed by atoms with E-state index in [-0.39, 0.29) is 25.2 Å². The molecule has 0 spiro atoms. The summed E-state index contributed by atoms with van der Waals surface area (Å²) in [4.78, 5) is 26.0. The molecule has 0 aliphatic carbocycles. The molecule has 1 rings (SSSR count). The molecule has 5 heteroatoms. The zero-order valence-corrected chi connectivity index (χ0v) is 10.3. The van der Waals surface area contributed by atoms with Crippen molar-refractivity contribution in [2.75, 3.05) is 19.6 Å². The van der Waals surface area contributed by atoms with Gasteiger partial charge in [-0.1, -0.05) is 13.0 Å². The molecule has 0 aromatic rings. The van der Waals surface area contributed by atoms with Gasteiger partial charge in [0.2, 0.25) is 0 Å². The van der Waals surface area contributed by atoms with E-state index in [4.69, 9.17) is 5.11 Å². The molecule has 0 bridgehead atoms. The summed E-state index contributed by atoms with van der Waals surface area (Å²) in [5.41, 5.74) is 0. The Hall–Kier alpha value is -1.52. The molecular formula is C12H20N2O3. The summed E-state index contributed by atoms with van der Waals surface area (Å²) >= 11 is 0. The monoisotopic (exact) mass is 240 g/mol. The van der Waals surface area contributed by atoms with Crippen LogP contribution in [0.25, 0.3) is 0 Å². The number of likely N-dealkylation sites (tertiary alicyclic amines) is 1. The molecule has 17 heavy (non-hydrogen) atoms. The average Bonchev–Trinajstić information content (AvgIpc) is 2.74. The van der Waals surface area contributed by atoms with E-state index in [1.54, 1.807) is 11.0 Å². The minimum absolute atomic E-state index is 0.184. The molecule has 2 amide bonds. The van der Waals surface area contributed by atoms with Crippen molar-refractivity contribution in [2.24, 2.45) is 0 Å². The maximum Gasteiger partial charge on any atom is 0.323 e. The highest BCUT2D eigenvalue weighted by molar-refractivity contribution is 5.80. The van der Waals surface area contributed by atoms with Crippen LogP contribution in [0.5, 0.6) is 0 Å². The zero-order valence-electron chi connectivity index (χ0n) is 10.3. The lowest BCUT2D eigenvalue weighted by molar-refractivity contribution is -0.137. The standard InChI is InChI=1S/C12H20N2O3/c1-3-7-13(9-11(15)16)12(17)14-8-5-6-10(14)4-2/h3,10H,1,4-9H2,2H3,(H,15,16). The van der Waals surface area contributed by atoms with Crippen molar-refractivity contribution in [1.29, 1.82) is 0 Å². The normalized spacial score (nSPS) is 19.1. The topological polar surface area (TPSA) is 60.9 Å². The Morgan fingerprint density at radius 1 is 1.59 bits per heavy atom. The van der Waals surface area contributed by atoms with Crippen LogP contribution in [0.2, 0.25) is 0 Å². The average molecular weight is 240 g/mol. The van der Waals surface area contributed by atoms with Crippen LogP contribution in [-0.4, -0.2) is 52.6 Å². The van der Waals surface area contributed by atoms with Crippen LogP contribution in [0.1, 0.15) is 26.2 Å². The third-order valence-electron chi connectivity index (χ3n) is 3.04. The van der Waals surface area contributed by atoms with E-state index >= 15 is 0 Å². The predicted octanol–water partition coefficient (Wildman–Crippen LogP) is 1.55. The Kier molecular flexibility index (Phi) is 5.00. The lowest BCUT2D eigenvalue weighted by Crippen LogP contribution is -2.47. The Bertz CT molecular complexity index is 304. The van der Waals surface area contributed by atoms with Gasteiger partial charge in [-0.3, -0.25) is 4.79 Å². The van der Waals surface area contributed by atoms with Gasteiger partial charge in [0, 0.05) is 19.1 Å². The number of carbonyl (C=O) groups excluding carboxylic acids is 1. The fraction of sp³-hybridized carbons (Fsp3) is 0.667. The summed E-state index contributed by atoms with van der Waals surface area (Å²) < 4.78 is 0. The third kappa shape index (κ3) is 3.47. The fourth-order valence-corrected chi connectivity index (χ4v) is 2.22. The second-order valence-corrected chi connectivity index (χ2v) is 4.24. The SMILES string of the molecule is C=CCN(CC(=O)O)C(=O)N1CCCC1CC. The van der Waals surface area contributed by atoms with Crippen molar-refractivity contribution >= 4 is 12.0 Å². The first kappa shape index (κ1) is 13.5. The Balaban J connectivity index is 2.69. The Morgan fingerprint density at radius 3 is 2.82 bits per heavy atom. The summed E-state index contributed by atoms with van der Waals surface area (Å²) in [6.07, 6.45) is 4.48. The van der Waals surface area contributed by atoms with Gasteiger partial charge in [-0.25, -0.2) is 4.79 Å². The van der Waals surface area contributed by atoms with Gasteiger partial charge >= 0.3 is 12.0 Å². The molecule has 0 radical (unpaired) electrons. The van der Waals surface area contributed by atoms with Gasteiger partial charge in [-0.2, -0.15) is 0 Å². The van der Waals surface area contributed by atoms with Gasteiger partial charge in [-0.05, 0) is 19.3 Å². The van der Waals surface area contributed by atoms with Crippen LogP contribution in [0, 0.1) is 0 Å². The minimum Gasteiger partial charge on any atom is -0.480 e. The summed E-state index contributed by atoms with van der Waals surface area (Å²) in [5.74, 6) is -0.993. The Labute approximate surface area is 102 Å². The molecule has 1 fully saturated rings. The van der Waals surface area contributed by atoms with Crippen LogP contribution >= 0.6 is 0 Å². The van der Waals surface area contributed by atoms with Crippen LogP contribution in [-0.2, 0) is 4.79 Å². The highest BCUT2D eigenvalue weighted by Crippen LogP contribution is 2.21. The first-order chi connectivity index (χ1) is 8.10. The number of urea groups is 1. The molecule has 1 atom stereocenters. The minimum atomic E-state index is -0.993. The molecule has 1 N–H and O–H groups in total. The summed E-state index contributed by atoms with van der Waals surface area (Å²) in [5, 5.41) is 8.78. The van der Waals surface area contributed by atoms with E-state index < -0.39 is 5.97 Å². The summed E-state index contributed by atoms with van der Waals surface area (Å²) in [6, 6.07) is 0.0697. The second-order valence-electron chi connectivity index (χ2n) is 4.24. The molecule has 5 nitrogen and oxygen atoms in total. The molecule has 1 aliphatic rings. The smallest absolute Gasteiger partial charge is 0.323 e. The van der Waals surface area contributed by atoms with E-state index in [0.29, 0.717) is 0 Å². The highest BCUT2D eigenvalue weighted by atomic mass is 16.4. The number of hydrogen-bond acceptors (Lipinski definition) is 2. The number of aliphatic carboxylic acids is 1. The maximum absolute atomic E-state index is 12.2. The molecule has 0 aromatic carbocycles. The summed E-state index contributed by atoms with van der Waals surface area (Å²) in [7, 11) is 0. The van der Waals surface area contributed by atoms with Crippen LogP contribution in [0.4, 0.5) is 4.79 Å². The van der Waals surface area contributed by atoms with Crippen LogP contribution in [0.15, 0.2) is 12.7 Å². The first-order valence-corrected chi connectivity index (χ1v) is 5.98. The number of carboxylic acid groups (broad SMARTS) is 1. The molecule has 1 aliphatic heterocycles. The quantitative estimate of drug-likeness (QED) is 0.742. The van der Waals surface area contributed by atoms with Gasteiger partial charge < -0.3 is 14.9 Å². The highest BCUT2D eigenvalue weighted by Gasteiger charge is 2.30. The largest absolute Gasteiger partial charge is 0.480 e. The van der Waals surface area contributed by atoms with E-state index in [1.807, 2.05) is 6.92 Å². The lowest BCUT2D eigenvalue weighted by Gasteiger charge is -2.30. The number of hydrogen-bond donors (Lipinski definition) is 1. The number of carboxylic acids is 1. The van der Waals surface area contributed by atoms with Crippen LogP contribution in [0.3, 0.4) is 0 Å². The van der Waals surface area contributed by atoms with E-state index in [9.17, 15) is 9.59 Å².